The van der Waals surface area contributed by atoms with Gasteiger partial charge in [0.05, 0.1) is 0 Å². The lowest BCUT2D eigenvalue weighted by molar-refractivity contribution is 0.308. The van der Waals surface area contributed by atoms with E-state index in [0.717, 1.165) is 12.0 Å². The van der Waals surface area contributed by atoms with Crippen LogP contribution in [0.2, 0.25) is 0 Å². The van der Waals surface area contributed by atoms with Crippen LogP contribution in [0.15, 0.2) is 42.5 Å². The molecular weight excluding hydrogens is 230 g/mol. The van der Waals surface area contributed by atoms with Gasteiger partial charge in [0, 0.05) is 6.04 Å². The van der Waals surface area contributed by atoms with E-state index in [1.54, 1.807) is 0 Å². The van der Waals surface area contributed by atoms with Gasteiger partial charge in [-0.1, -0.05) is 49.4 Å². The fraction of sp³-hybridized carbons (Fsp3) is 0.444. The Balaban J connectivity index is 1.64. The minimum absolute atomic E-state index is 0.718. The first-order valence-corrected chi connectivity index (χ1v) is 7.52. The van der Waals surface area contributed by atoms with Crippen LogP contribution in [0.25, 0.3) is 10.8 Å². The van der Waals surface area contributed by atoms with E-state index in [-0.39, 0.29) is 0 Å². The lowest BCUT2D eigenvalue weighted by Gasteiger charge is -2.28. The van der Waals surface area contributed by atoms with Crippen LogP contribution in [0, 0.1) is 5.92 Å². The number of benzene rings is 2. The highest BCUT2D eigenvalue weighted by Crippen LogP contribution is 2.20. The van der Waals surface area contributed by atoms with Crippen LogP contribution in [-0.4, -0.2) is 12.6 Å². The molecule has 100 valence electrons. The third-order valence-corrected chi connectivity index (χ3v) is 4.35. The van der Waals surface area contributed by atoms with E-state index in [1.807, 2.05) is 0 Å². The van der Waals surface area contributed by atoms with Gasteiger partial charge in [-0.15, -0.1) is 0 Å². The molecule has 2 aromatic rings. The van der Waals surface area contributed by atoms with E-state index < -0.39 is 0 Å². The average Bonchev–Trinajstić information content (AvgIpc) is 2.45. The fourth-order valence-electron chi connectivity index (χ4n) is 3.18. The van der Waals surface area contributed by atoms with E-state index in [4.69, 9.17) is 0 Å². The van der Waals surface area contributed by atoms with Crippen molar-refractivity contribution in [2.75, 3.05) is 6.54 Å². The summed E-state index contributed by atoms with van der Waals surface area (Å²) in [4.78, 5) is 0. The van der Waals surface area contributed by atoms with Crippen molar-refractivity contribution < 1.29 is 0 Å². The second-order valence-electron chi connectivity index (χ2n) is 6.00. The van der Waals surface area contributed by atoms with Crippen molar-refractivity contribution in [3.8, 4) is 0 Å². The first-order chi connectivity index (χ1) is 9.31. The molecule has 1 heterocycles. The van der Waals surface area contributed by atoms with Crippen molar-refractivity contribution in [3.05, 3.63) is 48.0 Å². The number of fused-ring (bicyclic) bond motifs is 1. The Bertz CT molecular complexity index is 546. The van der Waals surface area contributed by atoms with Crippen molar-refractivity contribution in [1.82, 2.24) is 5.32 Å². The maximum absolute atomic E-state index is 3.66. The van der Waals surface area contributed by atoms with Gasteiger partial charge in [0.2, 0.25) is 0 Å². The molecule has 1 N–H and O–H groups in total. The number of nitrogens with one attached hydrogen (secondary N) is 1. The van der Waals surface area contributed by atoms with E-state index in [2.05, 4.69) is 54.7 Å². The summed E-state index contributed by atoms with van der Waals surface area (Å²) in [5.74, 6) is 0.892. The maximum Gasteiger partial charge on any atom is 0.00727 e. The zero-order valence-corrected chi connectivity index (χ0v) is 11.7. The van der Waals surface area contributed by atoms with Crippen molar-refractivity contribution in [1.29, 1.82) is 0 Å². The summed E-state index contributed by atoms with van der Waals surface area (Å²) in [6, 6.07) is 16.2. The minimum atomic E-state index is 0.718. The third-order valence-electron chi connectivity index (χ3n) is 4.35. The second-order valence-corrected chi connectivity index (χ2v) is 6.00. The average molecular weight is 253 g/mol. The Morgan fingerprint density at radius 2 is 1.95 bits per heavy atom. The van der Waals surface area contributed by atoms with Gasteiger partial charge in [0.15, 0.2) is 0 Å². The molecule has 19 heavy (non-hydrogen) atoms. The summed E-state index contributed by atoms with van der Waals surface area (Å²) in [5.41, 5.74) is 1.47. The Hall–Kier alpha value is -1.34. The minimum Gasteiger partial charge on any atom is -0.314 e. The molecule has 1 aliphatic rings. The molecule has 3 rings (SSSR count). The molecule has 0 aliphatic carbocycles. The Morgan fingerprint density at radius 3 is 2.79 bits per heavy atom. The number of hydrogen-bond donors (Lipinski definition) is 1. The molecule has 2 unspecified atom stereocenters. The van der Waals surface area contributed by atoms with Gasteiger partial charge in [0.1, 0.15) is 0 Å². The second kappa shape index (κ2) is 5.75. The molecule has 0 saturated carbocycles. The molecule has 2 aromatic carbocycles. The van der Waals surface area contributed by atoms with Crippen LogP contribution < -0.4 is 5.32 Å². The van der Waals surface area contributed by atoms with Gasteiger partial charge in [-0.3, -0.25) is 0 Å². The molecular formula is C18H23N. The van der Waals surface area contributed by atoms with Gasteiger partial charge in [-0.25, -0.2) is 0 Å². The topological polar surface area (TPSA) is 12.0 Å². The first kappa shape index (κ1) is 12.7. The first-order valence-electron chi connectivity index (χ1n) is 7.52. The number of hydrogen-bond acceptors (Lipinski definition) is 1. The summed E-state index contributed by atoms with van der Waals surface area (Å²) >= 11 is 0. The maximum atomic E-state index is 3.66. The Labute approximate surface area is 116 Å². The molecule has 1 nitrogen and oxygen atoms in total. The molecule has 0 aromatic heterocycles. The number of aryl methyl sites for hydroxylation is 1. The van der Waals surface area contributed by atoms with Crippen LogP contribution in [-0.2, 0) is 6.42 Å². The largest absolute Gasteiger partial charge is 0.314 e. The Kier molecular flexibility index (Phi) is 3.84. The van der Waals surface area contributed by atoms with Gasteiger partial charge in [-0.2, -0.15) is 0 Å². The van der Waals surface area contributed by atoms with Gasteiger partial charge in [0.25, 0.3) is 0 Å². The van der Waals surface area contributed by atoms with E-state index in [1.165, 1.54) is 48.6 Å². The molecule has 1 heteroatoms. The fourth-order valence-corrected chi connectivity index (χ4v) is 3.18. The number of piperidine rings is 1. The highest BCUT2D eigenvalue weighted by Gasteiger charge is 2.17. The van der Waals surface area contributed by atoms with Crippen LogP contribution in [0.3, 0.4) is 0 Å². The predicted molar refractivity (Wildman–Crippen MR) is 82.5 cm³/mol. The summed E-state index contributed by atoms with van der Waals surface area (Å²) in [6.45, 7) is 3.58. The molecule has 2 atom stereocenters. The van der Waals surface area contributed by atoms with Gasteiger partial charge >= 0.3 is 0 Å². The highest BCUT2D eigenvalue weighted by atomic mass is 14.9. The molecule has 0 spiro atoms. The van der Waals surface area contributed by atoms with Gasteiger partial charge in [-0.05, 0) is 54.5 Å². The molecule has 0 bridgehead atoms. The SMILES string of the molecule is CC1CCNC(CCc2ccc3ccccc3c2)C1. The van der Waals surface area contributed by atoms with Crippen molar-refractivity contribution >= 4 is 10.8 Å². The highest BCUT2D eigenvalue weighted by molar-refractivity contribution is 5.82. The predicted octanol–water partition coefficient (Wildman–Crippen LogP) is 4.16. The Morgan fingerprint density at radius 1 is 1.11 bits per heavy atom. The smallest absolute Gasteiger partial charge is 0.00727 e. The summed E-state index contributed by atoms with van der Waals surface area (Å²) < 4.78 is 0. The summed E-state index contributed by atoms with van der Waals surface area (Å²) in [5, 5.41) is 6.37. The molecule has 1 fully saturated rings. The lowest BCUT2D eigenvalue weighted by atomic mass is 9.90. The van der Waals surface area contributed by atoms with Crippen molar-refractivity contribution in [2.45, 2.75) is 38.6 Å². The van der Waals surface area contributed by atoms with Crippen molar-refractivity contribution in [2.24, 2.45) is 5.92 Å². The molecule has 0 amide bonds. The van der Waals surface area contributed by atoms with E-state index in [9.17, 15) is 0 Å². The monoisotopic (exact) mass is 253 g/mol. The quantitative estimate of drug-likeness (QED) is 0.866. The summed E-state index contributed by atoms with van der Waals surface area (Å²) in [6.07, 6.45) is 5.14. The van der Waals surface area contributed by atoms with E-state index >= 15 is 0 Å². The number of rotatable bonds is 3. The lowest BCUT2D eigenvalue weighted by Crippen LogP contribution is -2.37. The standard InChI is InChI=1S/C18H23N/c1-14-10-11-19-18(12-14)9-7-15-6-8-16-4-2-3-5-17(16)13-15/h2-6,8,13-14,18-19H,7,9-12H2,1H3. The normalized spacial score (nSPS) is 23.6. The zero-order chi connectivity index (χ0) is 13.1. The summed E-state index contributed by atoms with van der Waals surface area (Å²) in [7, 11) is 0. The van der Waals surface area contributed by atoms with Crippen LogP contribution >= 0.6 is 0 Å². The molecule has 1 aliphatic heterocycles. The third kappa shape index (κ3) is 3.16. The van der Waals surface area contributed by atoms with Crippen LogP contribution in [0.4, 0.5) is 0 Å². The molecule has 0 radical (unpaired) electrons. The van der Waals surface area contributed by atoms with Gasteiger partial charge < -0.3 is 5.32 Å². The van der Waals surface area contributed by atoms with Crippen molar-refractivity contribution in [3.63, 3.8) is 0 Å². The van der Waals surface area contributed by atoms with Crippen LogP contribution in [0.5, 0.6) is 0 Å². The van der Waals surface area contributed by atoms with Crippen LogP contribution in [0.1, 0.15) is 31.7 Å². The van der Waals surface area contributed by atoms with E-state index in [0.29, 0.717) is 0 Å². The molecule has 1 saturated heterocycles. The zero-order valence-electron chi connectivity index (χ0n) is 11.7.